The molecule has 1 saturated heterocycles. The molecule has 0 radical (unpaired) electrons. The first kappa shape index (κ1) is 25.5. The summed E-state index contributed by atoms with van der Waals surface area (Å²) >= 11 is 6.27. The van der Waals surface area contributed by atoms with Crippen molar-refractivity contribution in [1.82, 2.24) is 15.1 Å². The van der Waals surface area contributed by atoms with Crippen molar-refractivity contribution in [3.63, 3.8) is 0 Å². The molecular formula is C26H35ClN4O4. The van der Waals surface area contributed by atoms with E-state index < -0.39 is 11.7 Å². The molecule has 1 aliphatic heterocycles. The average Bonchev–Trinajstić information content (AvgIpc) is 2.82. The van der Waals surface area contributed by atoms with E-state index in [1.165, 1.54) is 0 Å². The monoisotopic (exact) mass is 502 g/mol. The van der Waals surface area contributed by atoms with E-state index in [0.717, 1.165) is 50.2 Å². The normalized spacial score (nSPS) is 21.9. The van der Waals surface area contributed by atoms with Crippen molar-refractivity contribution in [3.8, 4) is 0 Å². The average molecular weight is 503 g/mol. The number of rotatable bonds is 5. The molecule has 1 aromatic heterocycles. The van der Waals surface area contributed by atoms with Crippen molar-refractivity contribution in [3.05, 3.63) is 57.3 Å². The van der Waals surface area contributed by atoms with Gasteiger partial charge in [0.25, 0.3) is 5.56 Å². The Bertz CT molecular complexity index is 1070. The molecule has 190 valence electrons. The number of amides is 1. The van der Waals surface area contributed by atoms with Crippen molar-refractivity contribution in [2.75, 3.05) is 31.2 Å². The lowest BCUT2D eigenvalue weighted by molar-refractivity contribution is 0.0471. The largest absolute Gasteiger partial charge is 0.444 e. The number of carbonyl (C=O) groups is 1. The molecule has 1 aliphatic carbocycles. The summed E-state index contributed by atoms with van der Waals surface area (Å²) in [6, 6.07) is 10.8. The summed E-state index contributed by atoms with van der Waals surface area (Å²) in [5, 5.41) is 8.43. The number of nitrogens with zero attached hydrogens (tertiary/aromatic N) is 3. The number of anilines is 1. The number of aromatic nitrogens is 2. The second-order valence-electron chi connectivity index (χ2n) is 10.3. The summed E-state index contributed by atoms with van der Waals surface area (Å²) in [5.41, 5.74) is 0.291. The zero-order valence-electron chi connectivity index (χ0n) is 20.7. The smallest absolute Gasteiger partial charge is 0.408 e. The maximum Gasteiger partial charge on any atom is 0.408 e. The molecule has 2 heterocycles. The Morgan fingerprint density at radius 3 is 2.51 bits per heavy atom. The Hall–Kier alpha value is -2.58. The van der Waals surface area contributed by atoms with Crippen LogP contribution >= 0.6 is 11.6 Å². The van der Waals surface area contributed by atoms with Crippen molar-refractivity contribution >= 4 is 23.5 Å². The zero-order chi connectivity index (χ0) is 25.0. The minimum Gasteiger partial charge on any atom is -0.444 e. The van der Waals surface area contributed by atoms with Crippen molar-refractivity contribution in [1.29, 1.82) is 0 Å². The van der Waals surface area contributed by atoms with Crippen molar-refractivity contribution in [2.24, 2.45) is 5.92 Å². The predicted octanol–water partition coefficient (Wildman–Crippen LogP) is 4.73. The van der Waals surface area contributed by atoms with E-state index in [4.69, 9.17) is 26.2 Å². The first-order valence-electron chi connectivity index (χ1n) is 12.4. The molecule has 1 aromatic carbocycles. The number of nitrogens with one attached hydrogen (secondary N) is 1. The number of halogens is 1. The fraction of sp³-hybridized carbons (Fsp3) is 0.577. The lowest BCUT2D eigenvalue weighted by Gasteiger charge is -2.35. The van der Waals surface area contributed by atoms with E-state index in [1.807, 2.05) is 45.0 Å². The van der Waals surface area contributed by atoms with Gasteiger partial charge >= 0.3 is 6.09 Å². The van der Waals surface area contributed by atoms with Crippen LogP contribution in [0.1, 0.15) is 64.1 Å². The lowest BCUT2D eigenvalue weighted by Crippen LogP contribution is -2.40. The highest BCUT2D eigenvalue weighted by molar-refractivity contribution is 6.30. The van der Waals surface area contributed by atoms with Gasteiger partial charge in [-0.3, -0.25) is 4.79 Å². The molecular weight excluding hydrogens is 468 g/mol. The van der Waals surface area contributed by atoms with Crippen LogP contribution in [0.5, 0.6) is 0 Å². The summed E-state index contributed by atoms with van der Waals surface area (Å²) in [7, 11) is 0. The molecule has 4 rings (SSSR count). The molecule has 2 fully saturated rings. The molecule has 2 aromatic rings. The molecule has 0 bridgehead atoms. The van der Waals surface area contributed by atoms with E-state index >= 15 is 0 Å². The Kier molecular flexibility index (Phi) is 8.02. The molecule has 1 N–H and O–H groups in total. The highest BCUT2D eigenvalue weighted by Gasteiger charge is 2.32. The highest BCUT2D eigenvalue weighted by atomic mass is 35.5. The van der Waals surface area contributed by atoms with Gasteiger partial charge in [0.1, 0.15) is 11.4 Å². The number of carbonyl (C=O) groups excluding carboxylic acids is 1. The van der Waals surface area contributed by atoms with Crippen LogP contribution in [-0.4, -0.2) is 47.8 Å². The van der Waals surface area contributed by atoms with Gasteiger partial charge in [-0.05, 0) is 76.1 Å². The third-order valence-electron chi connectivity index (χ3n) is 6.58. The van der Waals surface area contributed by atoms with Crippen molar-refractivity contribution < 1.29 is 14.3 Å². The summed E-state index contributed by atoms with van der Waals surface area (Å²) < 4.78 is 12.6. The Balaban J connectivity index is 1.48. The molecule has 1 saturated carbocycles. The number of hydrogen-bond donors (Lipinski definition) is 1. The summed E-state index contributed by atoms with van der Waals surface area (Å²) in [4.78, 5) is 27.5. The van der Waals surface area contributed by atoms with Crippen LogP contribution in [0.4, 0.5) is 10.6 Å². The van der Waals surface area contributed by atoms with Crippen LogP contribution in [0.15, 0.2) is 41.2 Å². The van der Waals surface area contributed by atoms with E-state index in [-0.39, 0.29) is 23.6 Å². The number of morpholine rings is 1. The van der Waals surface area contributed by atoms with Crippen LogP contribution in [-0.2, 0) is 9.47 Å². The lowest BCUT2D eigenvalue weighted by atomic mass is 9.79. The van der Waals surface area contributed by atoms with Gasteiger partial charge in [-0.1, -0.05) is 23.7 Å². The first-order valence-corrected chi connectivity index (χ1v) is 12.7. The number of benzene rings is 1. The van der Waals surface area contributed by atoms with Gasteiger partial charge in [0.05, 0.1) is 25.3 Å². The fourth-order valence-electron chi connectivity index (χ4n) is 4.93. The molecule has 2 aliphatic rings. The van der Waals surface area contributed by atoms with Gasteiger partial charge in [-0.25, -0.2) is 9.48 Å². The Morgan fingerprint density at radius 2 is 1.86 bits per heavy atom. The number of hydrogen-bond acceptors (Lipinski definition) is 6. The quantitative estimate of drug-likeness (QED) is 0.636. The third kappa shape index (κ3) is 6.76. The van der Waals surface area contributed by atoms with E-state index in [9.17, 15) is 9.59 Å². The van der Waals surface area contributed by atoms with Gasteiger partial charge in [0, 0.05) is 24.2 Å². The van der Waals surface area contributed by atoms with Gasteiger partial charge in [-0.2, -0.15) is 5.10 Å². The molecule has 35 heavy (non-hydrogen) atoms. The predicted molar refractivity (Wildman–Crippen MR) is 136 cm³/mol. The van der Waals surface area contributed by atoms with Crippen LogP contribution in [0.25, 0.3) is 0 Å². The van der Waals surface area contributed by atoms with E-state index in [1.54, 1.807) is 16.8 Å². The third-order valence-corrected chi connectivity index (χ3v) is 6.82. The Labute approximate surface area is 211 Å². The number of alkyl carbamates (subject to hydrolysis) is 1. The molecule has 1 atom stereocenters. The molecule has 9 heteroatoms. The van der Waals surface area contributed by atoms with Gasteiger partial charge < -0.3 is 19.7 Å². The van der Waals surface area contributed by atoms with Crippen LogP contribution in [0.3, 0.4) is 0 Å². The van der Waals surface area contributed by atoms with Gasteiger partial charge in [-0.15, -0.1) is 0 Å². The maximum atomic E-state index is 12.7. The molecule has 1 amide bonds. The fourth-order valence-corrected chi connectivity index (χ4v) is 5.12. The topological polar surface area (TPSA) is 85.7 Å². The van der Waals surface area contributed by atoms with Gasteiger partial charge in [0.15, 0.2) is 0 Å². The van der Waals surface area contributed by atoms with E-state index in [0.29, 0.717) is 18.2 Å². The molecule has 8 nitrogen and oxygen atoms in total. The second kappa shape index (κ2) is 11.0. The first-order chi connectivity index (χ1) is 16.7. The summed E-state index contributed by atoms with van der Waals surface area (Å²) in [5.74, 6) is 1.01. The van der Waals surface area contributed by atoms with Crippen LogP contribution < -0.4 is 15.8 Å². The SMILES string of the molecule is CC(C)(C)OC(=O)NC(c1cccc(Cl)c1)C1CCC(n2nc(N3CCOCC3)ccc2=O)CC1. The molecule has 1 unspecified atom stereocenters. The summed E-state index contributed by atoms with van der Waals surface area (Å²) in [6.45, 7) is 8.43. The second-order valence-corrected chi connectivity index (χ2v) is 10.8. The van der Waals surface area contributed by atoms with Crippen molar-refractivity contribution in [2.45, 2.75) is 64.1 Å². The standard InChI is InChI=1S/C26H35ClN4O4/c1-26(2,3)35-25(33)28-24(19-5-4-6-20(27)17-19)18-7-9-21(10-8-18)31-23(32)12-11-22(29-31)30-13-15-34-16-14-30/h4-6,11-12,17-18,21,24H,7-10,13-16H2,1-3H3,(H,28,33). The number of ether oxygens (including phenoxy) is 2. The summed E-state index contributed by atoms with van der Waals surface area (Å²) in [6.07, 6.45) is 2.84. The highest BCUT2D eigenvalue weighted by Crippen LogP contribution is 2.39. The van der Waals surface area contributed by atoms with Crippen LogP contribution in [0.2, 0.25) is 5.02 Å². The minimum absolute atomic E-state index is 0.0290. The minimum atomic E-state index is -0.584. The van der Waals surface area contributed by atoms with Gasteiger partial charge in [0.2, 0.25) is 0 Å². The molecule has 0 spiro atoms. The van der Waals surface area contributed by atoms with Crippen LogP contribution in [0, 0.1) is 5.92 Å². The zero-order valence-corrected chi connectivity index (χ0v) is 21.5. The Morgan fingerprint density at radius 1 is 1.14 bits per heavy atom. The maximum absolute atomic E-state index is 12.7. The van der Waals surface area contributed by atoms with E-state index in [2.05, 4.69) is 10.2 Å².